The fraction of sp³-hybridized carbons (Fsp3) is 0.308. The van der Waals surface area contributed by atoms with Gasteiger partial charge in [0, 0.05) is 17.7 Å². The van der Waals surface area contributed by atoms with Gasteiger partial charge >= 0.3 is 0 Å². The minimum Gasteiger partial charge on any atom is -0.313 e. The largest absolute Gasteiger partial charge is 0.313 e. The average Bonchev–Trinajstić information content (AvgIpc) is 2.74. The maximum absolute atomic E-state index is 13.1. The molecule has 2 N–H and O–H groups in total. The second-order valence-electron chi connectivity index (χ2n) is 4.01. The molecule has 1 aromatic heterocycles. The van der Waals surface area contributed by atoms with Crippen molar-refractivity contribution in [3.63, 3.8) is 0 Å². The van der Waals surface area contributed by atoms with Crippen LogP contribution in [0.5, 0.6) is 0 Å². The topological polar surface area (TPSA) is 40.7 Å². The summed E-state index contributed by atoms with van der Waals surface area (Å²) in [5.74, 6) is -0.209. The minimum atomic E-state index is -0.209. The second kappa shape index (κ2) is 5.10. The monoisotopic (exact) mass is 233 g/mol. The van der Waals surface area contributed by atoms with E-state index < -0.39 is 0 Å². The molecule has 0 aliphatic heterocycles. The molecule has 0 bridgehead atoms. The lowest BCUT2D eigenvalue weighted by Gasteiger charge is -2.07. The molecule has 0 radical (unpaired) electrons. The number of hydrogen-bond acceptors (Lipinski definition) is 2. The highest BCUT2D eigenvalue weighted by Gasteiger charge is 2.10. The molecule has 1 aromatic carbocycles. The molecule has 0 saturated heterocycles. The summed E-state index contributed by atoms with van der Waals surface area (Å²) in [4.78, 5) is 0. The number of halogens is 1. The SMILES string of the molecule is CCNCc1cn[nH]c1-c1ccc(F)cc1C. The summed E-state index contributed by atoms with van der Waals surface area (Å²) in [5, 5.41) is 10.3. The van der Waals surface area contributed by atoms with Crippen LogP contribution in [0.2, 0.25) is 0 Å². The molecule has 0 unspecified atom stereocenters. The lowest BCUT2D eigenvalue weighted by Crippen LogP contribution is -2.11. The van der Waals surface area contributed by atoms with Gasteiger partial charge in [-0.3, -0.25) is 5.10 Å². The Kier molecular flexibility index (Phi) is 3.54. The Bertz CT molecular complexity index is 505. The predicted octanol–water partition coefficient (Wildman–Crippen LogP) is 2.63. The molecule has 0 saturated carbocycles. The summed E-state index contributed by atoms with van der Waals surface area (Å²) in [6.45, 7) is 5.63. The highest BCUT2D eigenvalue weighted by atomic mass is 19.1. The van der Waals surface area contributed by atoms with Crippen LogP contribution in [0.4, 0.5) is 4.39 Å². The van der Waals surface area contributed by atoms with Gasteiger partial charge < -0.3 is 5.32 Å². The molecule has 1 heterocycles. The smallest absolute Gasteiger partial charge is 0.123 e. The summed E-state index contributed by atoms with van der Waals surface area (Å²) in [7, 11) is 0. The number of benzene rings is 1. The highest BCUT2D eigenvalue weighted by molar-refractivity contribution is 5.66. The van der Waals surface area contributed by atoms with Gasteiger partial charge in [0.15, 0.2) is 0 Å². The molecule has 3 nitrogen and oxygen atoms in total. The zero-order valence-corrected chi connectivity index (χ0v) is 10.0. The second-order valence-corrected chi connectivity index (χ2v) is 4.01. The van der Waals surface area contributed by atoms with E-state index in [1.807, 2.05) is 6.92 Å². The van der Waals surface area contributed by atoms with Gasteiger partial charge in [-0.1, -0.05) is 6.92 Å². The third-order valence-electron chi connectivity index (χ3n) is 2.74. The van der Waals surface area contributed by atoms with Crippen LogP contribution in [-0.4, -0.2) is 16.7 Å². The first-order chi connectivity index (χ1) is 8.22. The number of rotatable bonds is 4. The lowest BCUT2D eigenvalue weighted by molar-refractivity contribution is 0.627. The molecule has 0 spiro atoms. The Balaban J connectivity index is 2.35. The Morgan fingerprint density at radius 3 is 2.94 bits per heavy atom. The van der Waals surface area contributed by atoms with Crippen molar-refractivity contribution in [3.05, 3.63) is 41.3 Å². The number of aryl methyl sites for hydroxylation is 1. The number of aromatic nitrogens is 2. The number of nitrogens with one attached hydrogen (secondary N) is 2. The van der Waals surface area contributed by atoms with Gasteiger partial charge in [-0.15, -0.1) is 0 Å². The summed E-state index contributed by atoms with van der Waals surface area (Å²) < 4.78 is 13.1. The van der Waals surface area contributed by atoms with Crippen molar-refractivity contribution >= 4 is 0 Å². The Hall–Kier alpha value is -1.68. The van der Waals surface area contributed by atoms with Crippen molar-refractivity contribution in [3.8, 4) is 11.3 Å². The van der Waals surface area contributed by atoms with E-state index in [9.17, 15) is 4.39 Å². The zero-order chi connectivity index (χ0) is 12.3. The first-order valence-electron chi connectivity index (χ1n) is 5.72. The van der Waals surface area contributed by atoms with Crippen LogP contribution < -0.4 is 5.32 Å². The van der Waals surface area contributed by atoms with Crippen LogP contribution in [0, 0.1) is 12.7 Å². The van der Waals surface area contributed by atoms with Gasteiger partial charge in [-0.25, -0.2) is 4.39 Å². The standard InChI is InChI=1S/C13H16FN3/c1-3-15-7-10-8-16-17-13(10)12-5-4-11(14)6-9(12)2/h4-6,8,15H,3,7H2,1-2H3,(H,16,17). The van der Waals surface area contributed by atoms with Crippen molar-refractivity contribution in [2.75, 3.05) is 6.54 Å². The first kappa shape index (κ1) is 11.8. The summed E-state index contributed by atoms with van der Waals surface area (Å²) >= 11 is 0. The van der Waals surface area contributed by atoms with Crippen LogP contribution in [0.15, 0.2) is 24.4 Å². The van der Waals surface area contributed by atoms with Crippen LogP contribution in [0.3, 0.4) is 0 Å². The molecular weight excluding hydrogens is 217 g/mol. The number of H-pyrrole nitrogens is 1. The summed E-state index contributed by atoms with van der Waals surface area (Å²) in [6.07, 6.45) is 1.81. The van der Waals surface area contributed by atoms with Crippen LogP contribution in [0.1, 0.15) is 18.1 Å². The predicted molar refractivity (Wildman–Crippen MR) is 66.1 cm³/mol. The van der Waals surface area contributed by atoms with Crippen LogP contribution in [-0.2, 0) is 6.54 Å². The molecule has 0 aliphatic carbocycles. The van der Waals surface area contributed by atoms with Crippen molar-refractivity contribution in [1.82, 2.24) is 15.5 Å². The Morgan fingerprint density at radius 2 is 2.24 bits per heavy atom. The normalized spacial score (nSPS) is 10.8. The van der Waals surface area contributed by atoms with E-state index in [4.69, 9.17) is 0 Å². The maximum atomic E-state index is 13.1. The summed E-state index contributed by atoms with van der Waals surface area (Å²) in [6, 6.07) is 4.79. The first-order valence-corrected chi connectivity index (χ1v) is 5.72. The molecule has 90 valence electrons. The lowest BCUT2D eigenvalue weighted by atomic mass is 10.0. The Labute approximate surface area is 100 Å². The van der Waals surface area contributed by atoms with Crippen molar-refractivity contribution in [1.29, 1.82) is 0 Å². The van der Waals surface area contributed by atoms with E-state index >= 15 is 0 Å². The van der Waals surface area contributed by atoms with Gasteiger partial charge in [-0.2, -0.15) is 5.10 Å². The van der Waals surface area contributed by atoms with E-state index in [1.54, 1.807) is 12.3 Å². The van der Waals surface area contributed by atoms with E-state index in [0.29, 0.717) is 0 Å². The highest BCUT2D eigenvalue weighted by Crippen LogP contribution is 2.25. The fourth-order valence-electron chi connectivity index (χ4n) is 1.85. The van der Waals surface area contributed by atoms with E-state index in [0.717, 1.165) is 35.5 Å². The van der Waals surface area contributed by atoms with Gasteiger partial charge in [0.05, 0.1) is 11.9 Å². The average molecular weight is 233 g/mol. The minimum absolute atomic E-state index is 0.209. The fourth-order valence-corrected chi connectivity index (χ4v) is 1.85. The van der Waals surface area contributed by atoms with Gasteiger partial charge in [0.1, 0.15) is 5.82 Å². The van der Waals surface area contributed by atoms with Gasteiger partial charge in [0.2, 0.25) is 0 Å². The molecule has 4 heteroatoms. The molecule has 17 heavy (non-hydrogen) atoms. The van der Waals surface area contributed by atoms with Crippen molar-refractivity contribution < 1.29 is 4.39 Å². The molecule has 0 amide bonds. The van der Waals surface area contributed by atoms with Gasteiger partial charge in [-0.05, 0) is 37.2 Å². The molecule has 2 aromatic rings. The van der Waals surface area contributed by atoms with Crippen molar-refractivity contribution in [2.24, 2.45) is 0 Å². The summed E-state index contributed by atoms with van der Waals surface area (Å²) in [5.41, 5.74) is 3.97. The molecule has 0 atom stereocenters. The van der Waals surface area contributed by atoms with E-state index in [2.05, 4.69) is 22.4 Å². The van der Waals surface area contributed by atoms with Crippen molar-refractivity contribution in [2.45, 2.75) is 20.4 Å². The third-order valence-corrected chi connectivity index (χ3v) is 2.74. The van der Waals surface area contributed by atoms with E-state index in [-0.39, 0.29) is 5.82 Å². The third kappa shape index (κ3) is 2.53. The zero-order valence-electron chi connectivity index (χ0n) is 10.0. The number of nitrogens with zero attached hydrogens (tertiary/aromatic N) is 1. The molecule has 0 fully saturated rings. The number of aromatic amines is 1. The quantitative estimate of drug-likeness (QED) is 0.852. The molecule has 2 rings (SSSR count). The van der Waals surface area contributed by atoms with Crippen LogP contribution >= 0.6 is 0 Å². The molecular formula is C13H16FN3. The Morgan fingerprint density at radius 1 is 1.41 bits per heavy atom. The van der Waals surface area contributed by atoms with Gasteiger partial charge in [0.25, 0.3) is 0 Å². The van der Waals surface area contributed by atoms with Crippen LogP contribution in [0.25, 0.3) is 11.3 Å². The molecule has 0 aliphatic rings. The number of hydrogen-bond donors (Lipinski definition) is 2. The van der Waals surface area contributed by atoms with E-state index in [1.165, 1.54) is 12.1 Å². The maximum Gasteiger partial charge on any atom is 0.123 e.